The Morgan fingerprint density at radius 2 is 1.79 bits per heavy atom. The van der Waals surface area contributed by atoms with Crippen molar-refractivity contribution in [3.05, 3.63) is 81.8 Å². The number of aryl methyl sites for hydroxylation is 1. The molecule has 0 saturated heterocycles. The number of phenols is 1. The van der Waals surface area contributed by atoms with Crippen LogP contribution in [-0.4, -0.2) is 31.1 Å². The molecule has 0 atom stereocenters. The Bertz CT molecular complexity index is 1710. The zero-order chi connectivity index (χ0) is 27.6. The molecule has 0 aliphatic heterocycles. The number of hydrogen-bond acceptors (Lipinski definition) is 7. The number of fused-ring (bicyclic) bond motifs is 1. The second-order valence-corrected chi connectivity index (χ2v) is 10.3. The van der Waals surface area contributed by atoms with E-state index in [2.05, 4.69) is 15.5 Å². The van der Waals surface area contributed by atoms with E-state index in [1.54, 1.807) is 43.3 Å². The summed E-state index contributed by atoms with van der Waals surface area (Å²) in [6.45, 7) is 1.79. The molecule has 0 radical (unpaired) electrons. The van der Waals surface area contributed by atoms with Crippen molar-refractivity contribution in [2.75, 3.05) is 12.4 Å². The lowest BCUT2D eigenvalue weighted by Gasteiger charge is -2.12. The average Bonchev–Trinajstić information content (AvgIpc) is 2.88. The van der Waals surface area contributed by atoms with Crippen LogP contribution in [0.1, 0.15) is 22.8 Å². The van der Waals surface area contributed by atoms with E-state index in [0.29, 0.717) is 39.2 Å². The number of amides is 1. The molecule has 0 fully saturated rings. The number of anilines is 1. The van der Waals surface area contributed by atoms with Gasteiger partial charge in [-0.2, -0.15) is 8.42 Å². The van der Waals surface area contributed by atoms with Gasteiger partial charge in [-0.3, -0.25) is 9.35 Å². The molecule has 0 saturated carbocycles. The molecule has 12 heteroatoms. The number of benzene rings is 4. The Labute approximate surface area is 228 Å². The topological polar surface area (TPSA) is 138 Å². The van der Waals surface area contributed by atoms with Crippen molar-refractivity contribution in [2.45, 2.75) is 18.2 Å². The number of nitrogens with one attached hydrogen (secondary N) is 1. The van der Waals surface area contributed by atoms with Gasteiger partial charge >= 0.3 is 0 Å². The summed E-state index contributed by atoms with van der Waals surface area (Å²) in [5.74, 6) is -0.727. The van der Waals surface area contributed by atoms with Crippen molar-refractivity contribution >= 4 is 67.1 Å². The number of nitrogens with zero attached hydrogens (tertiary/aromatic N) is 2. The van der Waals surface area contributed by atoms with Crippen LogP contribution >= 0.6 is 23.2 Å². The van der Waals surface area contributed by atoms with Crippen molar-refractivity contribution in [3.8, 4) is 11.5 Å². The van der Waals surface area contributed by atoms with Crippen LogP contribution in [0, 0.1) is 0 Å². The monoisotopic (exact) mass is 573 g/mol. The second-order valence-electron chi connectivity index (χ2n) is 8.10. The molecule has 0 aliphatic carbocycles. The lowest BCUT2D eigenvalue weighted by Crippen LogP contribution is -2.12. The Hall–Kier alpha value is -3.70. The summed E-state index contributed by atoms with van der Waals surface area (Å²) in [7, 11) is -3.18. The molecule has 0 spiro atoms. The first-order chi connectivity index (χ1) is 18.0. The fraction of sp³-hybridized carbons (Fsp3) is 0.115. The van der Waals surface area contributed by atoms with Gasteiger partial charge in [-0.25, -0.2) is 0 Å². The molecule has 4 aromatic carbocycles. The summed E-state index contributed by atoms with van der Waals surface area (Å²) >= 11 is 12.3. The predicted molar refractivity (Wildman–Crippen MR) is 146 cm³/mol. The van der Waals surface area contributed by atoms with Gasteiger partial charge in [0.25, 0.3) is 16.0 Å². The molecule has 4 rings (SSSR count). The van der Waals surface area contributed by atoms with E-state index in [1.165, 1.54) is 31.4 Å². The number of azo groups is 1. The fourth-order valence-corrected chi connectivity index (χ4v) is 5.00. The highest BCUT2D eigenvalue weighted by molar-refractivity contribution is 7.86. The second kappa shape index (κ2) is 11.0. The number of carbonyl (C=O) groups is 1. The summed E-state index contributed by atoms with van der Waals surface area (Å²) < 4.78 is 38.4. The number of rotatable bonds is 7. The standard InChI is InChI=1S/C26H21Cl2N3O6S/c1-3-14-10-20(23(28)22(11-14)38(34,35)36)30-31-24-17-7-5-4-6-15(17)12-18(25(24)32)26(33)29-16-8-9-19(27)21(13-16)37-2/h4-13,32H,3H2,1-2H3,(H,29,33)(H,34,35,36). The van der Waals surface area contributed by atoms with Gasteiger partial charge in [-0.05, 0) is 47.7 Å². The van der Waals surface area contributed by atoms with Crippen LogP contribution in [0.5, 0.6) is 11.5 Å². The molecule has 38 heavy (non-hydrogen) atoms. The van der Waals surface area contributed by atoms with Crippen molar-refractivity contribution in [3.63, 3.8) is 0 Å². The first-order valence-electron chi connectivity index (χ1n) is 11.1. The van der Waals surface area contributed by atoms with Gasteiger partial charge in [-0.1, -0.05) is 54.4 Å². The summed E-state index contributed by atoms with van der Waals surface area (Å²) in [4.78, 5) is 12.6. The zero-order valence-electron chi connectivity index (χ0n) is 20.1. The number of aromatic hydroxyl groups is 1. The third kappa shape index (κ3) is 5.58. The summed E-state index contributed by atoms with van der Waals surface area (Å²) in [5.41, 5.74) is 0.765. The van der Waals surface area contributed by atoms with Crippen LogP contribution in [-0.2, 0) is 16.5 Å². The van der Waals surface area contributed by atoms with Crippen LogP contribution in [0.2, 0.25) is 10.0 Å². The molecular weight excluding hydrogens is 553 g/mol. The molecule has 196 valence electrons. The lowest BCUT2D eigenvalue weighted by atomic mass is 10.0. The van der Waals surface area contributed by atoms with E-state index in [-0.39, 0.29) is 22.0 Å². The number of ether oxygens (including phenoxy) is 1. The predicted octanol–water partition coefficient (Wildman–Crippen LogP) is 7.34. The van der Waals surface area contributed by atoms with Crippen LogP contribution in [0.25, 0.3) is 10.8 Å². The van der Waals surface area contributed by atoms with E-state index in [1.807, 2.05) is 0 Å². The van der Waals surface area contributed by atoms with Crippen molar-refractivity contribution in [1.29, 1.82) is 0 Å². The maximum absolute atomic E-state index is 13.1. The van der Waals surface area contributed by atoms with Gasteiger partial charge in [0, 0.05) is 17.1 Å². The number of halogens is 2. The first kappa shape index (κ1) is 27.3. The van der Waals surface area contributed by atoms with Gasteiger partial charge < -0.3 is 15.2 Å². The summed E-state index contributed by atoms with van der Waals surface area (Å²) in [5, 5.41) is 23.1. The van der Waals surface area contributed by atoms with E-state index < -0.39 is 26.7 Å². The minimum atomic E-state index is -4.62. The molecule has 0 heterocycles. The Kier molecular flexibility index (Phi) is 7.89. The SMILES string of the molecule is CCc1cc(N=Nc2c(O)c(C(=O)Nc3ccc(Cl)c(OC)c3)cc3ccccc23)c(Cl)c(S(=O)(=O)O)c1. The number of hydrogen-bond donors (Lipinski definition) is 3. The third-order valence-electron chi connectivity index (χ3n) is 5.67. The third-order valence-corrected chi connectivity index (χ3v) is 7.37. The van der Waals surface area contributed by atoms with E-state index >= 15 is 0 Å². The maximum atomic E-state index is 13.1. The van der Waals surface area contributed by atoms with Gasteiger partial charge in [0.15, 0.2) is 5.75 Å². The van der Waals surface area contributed by atoms with Gasteiger partial charge in [0.05, 0.1) is 22.7 Å². The van der Waals surface area contributed by atoms with Crippen LogP contribution in [0.4, 0.5) is 17.1 Å². The zero-order valence-corrected chi connectivity index (χ0v) is 22.4. The van der Waals surface area contributed by atoms with E-state index in [4.69, 9.17) is 27.9 Å². The first-order valence-corrected chi connectivity index (χ1v) is 13.3. The maximum Gasteiger partial charge on any atom is 0.296 e. The number of carbonyl (C=O) groups excluding carboxylic acids is 1. The highest BCUT2D eigenvalue weighted by Gasteiger charge is 2.21. The Morgan fingerprint density at radius 1 is 1.05 bits per heavy atom. The summed E-state index contributed by atoms with van der Waals surface area (Å²) in [6.07, 6.45) is 0.432. The molecule has 9 nitrogen and oxygen atoms in total. The fourth-order valence-electron chi connectivity index (χ4n) is 3.73. The quantitative estimate of drug-likeness (QED) is 0.156. The van der Waals surface area contributed by atoms with Gasteiger partial charge in [0.2, 0.25) is 0 Å². The van der Waals surface area contributed by atoms with Gasteiger partial charge in [0.1, 0.15) is 22.0 Å². The minimum Gasteiger partial charge on any atom is -0.505 e. The minimum absolute atomic E-state index is 0.0340. The molecule has 0 aromatic heterocycles. The highest BCUT2D eigenvalue weighted by Crippen LogP contribution is 2.41. The lowest BCUT2D eigenvalue weighted by molar-refractivity contribution is 0.102. The van der Waals surface area contributed by atoms with E-state index in [0.717, 1.165) is 0 Å². The average molecular weight is 574 g/mol. The number of phenolic OH excluding ortho intramolecular Hbond substituents is 1. The Balaban J connectivity index is 1.82. The summed E-state index contributed by atoms with van der Waals surface area (Å²) in [6, 6.07) is 15.8. The Morgan fingerprint density at radius 3 is 2.47 bits per heavy atom. The largest absolute Gasteiger partial charge is 0.505 e. The molecule has 0 bridgehead atoms. The van der Waals surface area contributed by atoms with Crippen molar-refractivity contribution < 1.29 is 27.6 Å². The van der Waals surface area contributed by atoms with Crippen LogP contribution < -0.4 is 10.1 Å². The molecule has 3 N–H and O–H groups in total. The van der Waals surface area contributed by atoms with Crippen molar-refractivity contribution in [2.24, 2.45) is 10.2 Å². The smallest absolute Gasteiger partial charge is 0.296 e. The van der Waals surface area contributed by atoms with E-state index in [9.17, 15) is 22.9 Å². The molecule has 1 amide bonds. The highest BCUT2D eigenvalue weighted by atomic mass is 35.5. The number of methoxy groups -OCH3 is 1. The molecule has 0 aliphatic rings. The van der Waals surface area contributed by atoms with Crippen molar-refractivity contribution in [1.82, 2.24) is 0 Å². The van der Waals surface area contributed by atoms with Gasteiger partial charge in [-0.15, -0.1) is 10.2 Å². The molecule has 4 aromatic rings. The molecule has 0 unspecified atom stereocenters. The van der Waals surface area contributed by atoms with Crippen LogP contribution in [0.3, 0.4) is 0 Å². The van der Waals surface area contributed by atoms with Crippen LogP contribution in [0.15, 0.2) is 75.8 Å². The normalized spacial score (nSPS) is 11.7. The molecular formula is C26H21Cl2N3O6S.